The Labute approximate surface area is 157 Å². The Morgan fingerprint density at radius 1 is 1.26 bits per heavy atom. The maximum atomic E-state index is 12.4. The monoisotopic (exact) mass is 369 g/mol. The molecule has 0 aliphatic rings. The van der Waals surface area contributed by atoms with Crippen molar-refractivity contribution in [3.8, 4) is 5.75 Å². The number of nitrogens with two attached hydrogens (primary N) is 1. The number of pyridine rings is 1. The maximum Gasteiger partial charge on any atom is 0.240 e. The molecule has 1 unspecified atom stereocenters. The number of ether oxygens (including phenoxy) is 1. The summed E-state index contributed by atoms with van der Waals surface area (Å²) >= 11 is 0. The highest BCUT2D eigenvalue weighted by molar-refractivity contribution is 5.85. The predicted molar refractivity (Wildman–Crippen MR) is 99.9 cm³/mol. The Kier molecular flexibility index (Phi) is 5.38. The van der Waals surface area contributed by atoms with Gasteiger partial charge in [0.15, 0.2) is 11.5 Å². The van der Waals surface area contributed by atoms with E-state index in [-0.39, 0.29) is 18.3 Å². The number of amides is 1. The summed E-state index contributed by atoms with van der Waals surface area (Å²) < 4.78 is 7.42. The zero-order valence-corrected chi connectivity index (χ0v) is 15.3. The number of nitrogens with zero attached hydrogens (tertiary/aromatic N) is 3. The molecule has 2 heterocycles. The lowest BCUT2D eigenvalue weighted by molar-refractivity contribution is -0.126. The van der Waals surface area contributed by atoms with E-state index in [2.05, 4.69) is 15.5 Å². The van der Waals surface area contributed by atoms with E-state index in [9.17, 15) is 9.90 Å². The number of fused-ring (bicyclic) bond motifs is 1. The Hall–Kier alpha value is -2.97. The van der Waals surface area contributed by atoms with Gasteiger partial charge in [-0.1, -0.05) is 30.3 Å². The van der Waals surface area contributed by atoms with E-state index in [1.165, 1.54) is 12.3 Å². The number of carbonyl (C=O) groups is 1. The van der Waals surface area contributed by atoms with Gasteiger partial charge in [0.2, 0.25) is 5.91 Å². The molecule has 0 aliphatic heterocycles. The SMILES string of the molecule is CC(C)(N)C(=O)NC(COCc1ccccc1)c1nnc2ccc(O)cn12. The van der Waals surface area contributed by atoms with Gasteiger partial charge in [-0.3, -0.25) is 9.20 Å². The number of aromatic nitrogens is 3. The summed E-state index contributed by atoms with van der Waals surface area (Å²) in [7, 11) is 0. The number of nitrogens with one attached hydrogen (secondary N) is 1. The van der Waals surface area contributed by atoms with Crippen LogP contribution in [0.1, 0.15) is 31.3 Å². The first-order valence-corrected chi connectivity index (χ1v) is 8.60. The van der Waals surface area contributed by atoms with Gasteiger partial charge in [0.05, 0.1) is 24.9 Å². The van der Waals surface area contributed by atoms with Crippen molar-refractivity contribution in [1.82, 2.24) is 19.9 Å². The van der Waals surface area contributed by atoms with E-state index in [0.717, 1.165) is 5.56 Å². The molecule has 3 rings (SSSR count). The van der Waals surface area contributed by atoms with Crippen LogP contribution >= 0.6 is 0 Å². The first kappa shape index (κ1) is 18.8. The molecule has 3 aromatic rings. The molecule has 0 fully saturated rings. The summed E-state index contributed by atoms with van der Waals surface area (Å²) in [5.74, 6) is 0.178. The predicted octanol–water partition coefficient (Wildman–Crippen LogP) is 1.55. The summed E-state index contributed by atoms with van der Waals surface area (Å²) in [6.07, 6.45) is 1.49. The lowest BCUT2D eigenvalue weighted by Gasteiger charge is -2.23. The third kappa shape index (κ3) is 4.60. The van der Waals surface area contributed by atoms with E-state index in [4.69, 9.17) is 10.5 Å². The van der Waals surface area contributed by atoms with E-state index in [1.54, 1.807) is 24.3 Å². The number of carbonyl (C=O) groups excluding carboxylic acids is 1. The Morgan fingerprint density at radius 2 is 2.00 bits per heavy atom. The molecule has 27 heavy (non-hydrogen) atoms. The lowest BCUT2D eigenvalue weighted by atomic mass is 10.1. The molecule has 1 atom stereocenters. The summed E-state index contributed by atoms with van der Waals surface area (Å²) in [5, 5.41) is 20.9. The summed E-state index contributed by atoms with van der Waals surface area (Å²) in [4.78, 5) is 12.4. The van der Waals surface area contributed by atoms with Crippen molar-refractivity contribution < 1.29 is 14.6 Å². The van der Waals surface area contributed by atoms with Gasteiger partial charge in [-0.2, -0.15) is 0 Å². The van der Waals surface area contributed by atoms with Crippen molar-refractivity contribution in [2.24, 2.45) is 5.73 Å². The zero-order chi connectivity index (χ0) is 19.4. The second-order valence-electron chi connectivity index (χ2n) is 6.92. The second kappa shape index (κ2) is 7.73. The highest BCUT2D eigenvalue weighted by atomic mass is 16.5. The van der Waals surface area contributed by atoms with Crippen molar-refractivity contribution in [3.05, 3.63) is 60.0 Å². The van der Waals surface area contributed by atoms with Gasteiger partial charge >= 0.3 is 0 Å². The van der Waals surface area contributed by atoms with E-state index in [1.807, 2.05) is 30.3 Å². The largest absolute Gasteiger partial charge is 0.506 e. The lowest BCUT2D eigenvalue weighted by Crippen LogP contribution is -2.50. The number of benzene rings is 1. The number of hydrogen-bond acceptors (Lipinski definition) is 6. The van der Waals surface area contributed by atoms with Gasteiger partial charge in [-0.25, -0.2) is 0 Å². The summed E-state index contributed by atoms with van der Waals surface area (Å²) in [6, 6.07) is 12.3. The fourth-order valence-corrected chi connectivity index (χ4v) is 2.53. The van der Waals surface area contributed by atoms with Crippen molar-refractivity contribution >= 4 is 11.6 Å². The molecule has 0 bridgehead atoms. The minimum atomic E-state index is -1.06. The van der Waals surface area contributed by atoms with Gasteiger partial charge in [0, 0.05) is 0 Å². The standard InChI is InChI=1S/C19H23N5O3/c1-19(2,20)18(26)21-15(12-27-11-13-6-4-3-5-7-13)17-23-22-16-9-8-14(25)10-24(16)17/h3-10,15,25H,11-12,20H2,1-2H3,(H,21,26). The van der Waals surface area contributed by atoms with Crippen LogP contribution in [-0.2, 0) is 16.1 Å². The molecular formula is C19H23N5O3. The normalized spacial score (nSPS) is 12.9. The Morgan fingerprint density at radius 3 is 2.70 bits per heavy atom. The van der Waals surface area contributed by atoms with E-state index >= 15 is 0 Å². The van der Waals surface area contributed by atoms with Gasteiger partial charge in [-0.15, -0.1) is 10.2 Å². The molecule has 0 spiro atoms. The molecule has 1 amide bonds. The minimum absolute atomic E-state index is 0.0676. The molecule has 2 aromatic heterocycles. The van der Waals surface area contributed by atoms with Crippen LogP contribution in [0.2, 0.25) is 0 Å². The van der Waals surface area contributed by atoms with Crippen molar-refractivity contribution in [2.75, 3.05) is 6.61 Å². The molecule has 0 radical (unpaired) electrons. The van der Waals surface area contributed by atoms with Crippen LogP contribution in [0.15, 0.2) is 48.7 Å². The fourth-order valence-electron chi connectivity index (χ4n) is 2.53. The smallest absolute Gasteiger partial charge is 0.240 e. The average molecular weight is 369 g/mol. The second-order valence-corrected chi connectivity index (χ2v) is 6.92. The summed E-state index contributed by atoms with van der Waals surface area (Å²) in [6.45, 7) is 3.81. The van der Waals surface area contributed by atoms with Crippen LogP contribution in [-0.4, -0.2) is 37.8 Å². The van der Waals surface area contributed by atoms with Crippen molar-refractivity contribution in [3.63, 3.8) is 0 Å². The van der Waals surface area contributed by atoms with Gasteiger partial charge in [0.25, 0.3) is 0 Å². The fraction of sp³-hybridized carbons (Fsp3) is 0.316. The number of hydrogen-bond donors (Lipinski definition) is 3. The zero-order valence-electron chi connectivity index (χ0n) is 15.3. The van der Waals surface area contributed by atoms with Crippen molar-refractivity contribution in [1.29, 1.82) is 0 Å². The molecule has 142 valence electrons. The van der Waals surface area contributed by atoms with E-state index < -0.39 is 11.6 Å². The van der Waals surface area contributed by atoms with Crippen molar-refractivity contribution in [2.45, 2.75) is 32.0 Å². The topological polar surface area (TPSA) is 115 Å². The van der Waals surface area contributed by atoms with Crippen LogP contribution in [0.3, 0.4) is 0 Å². The molecule has 4 N–H and O–H groups in total. The number of rotatable bonds is 7. The molecule has 1 aromatic carbocycles. The van der Waals surface area contributed by atoms with Gasteiger partial charge in [-0.05, 0) is 31.5 Å². The third-order valence-corrected chi connectivity index (χ3v) is 4.01. The van der Waals surface area contributed by atoms with Crippen LogP contribution in [0.25, 0.3) is 5.65 Å². The van der Waals surface area contributed by atoms with Crippen LogP contribution < -0.4 is 11.1 Å². The maximum absolute atomic E-state index is 12.4. The van der Waals surface area contributed by atoms with Crippen LogP contribution in [0.4, 0.5) is 0 Å². The highest BCUT2D eigenvalue weighted by Gasteiger charge is 2.28. The molecule has 0 aliphatic carbocycles. The summed E-state index contributed by atoms with van der Waals surface area (Å²) in [5.41, 5.74) is 6.42. The molecular weight excluding hydrogens is 346 g/mol. The molecule has 0 saturated heterocycles. The Balaban J connectivity index is 1.82. The Bertz CT molecular complexity index is 918. The van der Waals surface area contributed by atoms with Crippen LogP contribution in [0, 0.1) is 0 Å². The van der Waals surface area contributed by atoms with Gasteiger partial charge in [0.1, 0.15) is 11.8 Å². The molecule has 8 nitrogen and oxygen atoms in total. The first-order chi connectivity index (χ1) is 12.8. The quantitative estimate of drug-likeness (QED) is 0.582. The third-order valence-electron chi connectivity index (χ3n) is 4.01. The average Bonchev–Trinajstić information content (AvgIpc) is 3.03. The van der Waals surface area contributed by atoms with Gasteiger partial charge < -0.3 is 20.9 Å². The first-order valence-electron chi connectivity index (χ1n) is 8.60. The molecule has 0 saturated carbocycles. The van der Waals surface area contributed by atoms with E-state index in [0.29, 0.717) is 18.1 Å². The molecule has 8 heteroatoms. The minimum Gasteiger partial charge on any atom is -0.506 e. The van der Waals surface area contributed by atoms with Crippen LogP contribution in [0.5, 0.6) is 5.75 Å². The number of aromatic hydroxyl groups is 1. The highest BCUT2D eigenvalue weighted by Crippen LogP contribution is 2.18.